The molecule has 0 aliphatic carbocycles. The number of rotatable bonds is 4. The maximum absolute atomic E-state index is 11.5. The van der Waals surface area contributed by atoms with Crippen molar-refractivity contribution in [1.29, 1.82) is 0 Å². The molecule has 0 saturated heterocycles. The van der Waals surface area contributed by atoms with E-state index < -0.39 is 25.3 Å². The van der Waals surface area contributed by atoms with Gasteiger partial charge >= 0.3 is 0 Å². The molecule has 0 fully saturated rings. The van der Waals surface area contributed by atoms with Crippen LogP contribution in [-0.2, 0) is 25.3 Å². The highest BCUT2D eigenvalue weighted by molar-refractivity contribution is 7.91. The molecule has 2 aromatic rings. The normalized spacial score (nSPS) is 13.0. The summed E-state index contributed by atoms with van der Waals surface area (Å²) < 4.78 is 45.9. The minimum atomic E-state index is -3.30. The smallest absolute Gasteiger partial charge is 0.175 e. The monoisotopic (exact) mass is 354 g/mol. The SMILES string of the molecule is CC(O)(c1ccc(S(C)(=O)=O)cc1)c1ccc(S(C)(=O)=O)cc1. The van der Waals surface area contributed by atoms with Crippen molar-refractivity contribution in [2.45, 2.75) is 22.3 Å². The Morgan fingerprint density at radius 3 is 1.17 bits per heavy atom. The van der Waals surface area contributed by atoms with Crippen LogP contribution in [0.1, 0.15) is 18.1 Å². The molecule has 0 atom stereocenters. The first-order valence-electron chi connectivity index (χ1n) is 6.76. The number of hydrogen-bond acceptors (Lipinski definition) is 5. The van der Waals surface area contributed by atoms with Gasteiger partial charge in [-0.15, -0.1) is 0 Å². The highest BCUT2D eigenvalue weighted by Crippen LogP contribution is 2.30. The molecule has 7 heteroatoms. The van der Waals surface area contributed by atoms with Gasteiger partial charge in [0.25, 0.3) is 0 Å². The molecule has 0 aliphatic rings. The molecule has 0 radical (unpaired) electrons. The molecule has 0 bridgehead atoms. The third-order valence-corrected chi connectivity index (χ3v) is 5.95. The van der Waals surface area contributed by atoms with Crippen molar-refractivity contribution >= 4 is 19.7 Å². The lowest BCUT2D eigenvalue weighted by Crippen LogP contribution is -2.22. The van der Waals surface area contributed by atoms with Gasteiger partial charge in [0.2, 0.25) is 0 Å². The largest absolute Gasteiger partial charge is 0.381 e. The molecule has 0 unspecified atom stereocenters. The molecule has 2 rings (SSSR count). The molecule has 0 aromatic heterocycles. The van der Waals surface area contributed by atoms with E-state index in [4.69, 9.17) is 0 Å². The highest BCUT2D eigenvalue weighted by atomic mass is 32.2. The van der Waals surface area contributed by atoms with E-state index in [2.05, 4.69) is 0 Å². The molecule has 0 saturated carbocycles. The summed E-state index contributed by atoms with van der Waals surface area (Å²) in [5.74, 6) is 0. The Hall–Kier alpha value is -1.70. The minimum absolute atomic E-state index is 0.171. The van der Waals surface area contributed by atoms with Gasteiger partial charge in [-0.1, -0.05) is 24.3 Å². The third kappa shape index (κ3) is 3.80. The van der Waals surface area contributed by atoms with Gasteiger partial charge in [0, 0.05) is 12.5 Å². The second-order valence-corrected chi connectivity index (χ2v) is 9.70. The average molecular weight is 354 g/mol. The van der Waals surface area contributed by atoms with E-state index in [0.717, 1.165) is 12.5 Å². The number of sulfone groups is 2. The Bertz CT molecular complexity index is 830. The van der Waals surface area contributed by atoms with Gasteiger partial charge in [-0.2, -0.15) is 0 Å². The first-order valence-corrected chi connectivity index (χ1v) is 10.5. The summed E-state index contributed by atoms with van der Waals surface area (Å²) in [5.41, 5.74) is -0.347. The van der Waals surface area contributed by atoms with Crippen LogP contribution in [0, 0.1) is 0 Å². The molecule has 0 heterocycles. The van der Waals surface area contributed by atoms with Crippen LogP contribution in [0.4, 0.5) is 0 Å². The van der Waals surface area contributed by atoms with Gasteiger partial charge in [0.15, 0.2) is 19.7 Å². The Kier molecular flexibility index (Phi) is 4.40. The lowest BCUT2D eigenvalue weighted by Gasteiger charge is -2.25. The summed E-state index contributed by atoms with van der Waals surface area (Å²) in [7, 11) is -6.60. The maximum atomic E-state index is 11.5. The van der Waals surface area contributed by atoms with E-state index in [9.17, 15) is 21.9 Å². The van der Waals surface area contributed by atoms with E-state index in [0.29, 0.717) is 11.1 Å². The summed E-state index contributed by atoms with van der Waals surface area (Å²) in [6.07, 6.45) is 2.23. The zero-order chi connectivity index (χ0) is 17.5. The Labute approximate surface area is 136 Å². The molecule has 5 nitrogen and oxygen atoms in total. The van der Waals surface area contributed by atoms with Crippen LogP contribution >= 0.6 is 0 Å². The Morgan fingerprint density at radius 2 is 0.957 bits per heavy atom. The summed E-state index contributed by atoms with van der Waals surface area (Å²) in [6, 6.07) is 11.9. The molecular weight excluding hydrogens is 336 g/mol. The van der Waals surface area contributed by atoms with E-state index in [1.165, 1.54) is 24.3 Å². The molecule has 23 heavy (non-hydrogen) atoms. The van der Waals surface area contributed by atoms with Crippen molar-refractivity contribution in [1.82, 2.24) is 0 Å². The predicted octanol–water partition coefficient (Wildman–Crippen LogP) is 1.75. The van der Waals surface area contributed by atoms with Gasteiger partial charge < -0.3 is 5.11 Å². The van der Waals surface area contributed by atoms with Crippen molar-refractivity contribution in [3.8, 4) is 0 Å². The van der Waals surface area contributed by atoms with Gasteiger partial charge in [-0.3, -0.25) is 0 Å². The quantitative estimate of drug-likeness (QED) is 0.904. The molecule has 0 amide bonds. The molecule has 124 valence electrons. The predicted molar refractivity (Wildman–Crippen MR) is 87.8 cm³/mol. The van der Waals surface area contributed by atoms with Crippen LogP contribution in [0.25, 0.3) is 0 Å². The fraction of sp³-hybridized carbons (Fsp3) is 0.250. The van der Waals surface area contributed by atoms with E-state index in [1.54, 1.807) is 31.2 Å². The molecule has 2 aromatic carbocycles. The Morgan fingerprint density at radius 1 is 0.696 bits per heavy atom. The summed E-state index contributed by atoms with van der Waals surface area (Å²) >= 11 is 0. The summed E-state index contributed by atoms with van der Waals surface area (Å²) in [5, 5.41) is 10.7. The zero-order valence-electron chi connectivity index (χ0n) is 13.0. The first kappa shape index (κ1) is 17.7. The van der Waals surface area contributed by atoms with Crippen LogP contribution < -0.4 is 0 Å². The topological polar surface area (TPSA) is 88.5 Å². The van der Waals surface area contributed by atoms with Crippen molar-refractivity contribution in [2.75, 3.05) is 12.5 Å². The number of aliphatic hydroxyl groups is 1. The van der Waals surface area contributed by atoms with E-state index >= 15 is 0 Å². The Balaban J connectivity index is 2.42. The van der Waals surface area contributed by atoms with Crippen molar-refractivity contribution < 1.29 is 21.9 Å². The van der Waals surface area contributed by atoms with Crippen molar-refractivity contribution in [3.63, 3.8) is 0 Å². The fourth-order valence-electron chi connectivity index (χ4n) is 2.22. The lowest BCUT2D eigenvalue weighted by molar-refractivity contribution is 0.102. The minimum Gasteiger partial charge on any atom is -0.381 e. The molecule has 0 aliphatic heterocycles. The van der Waals surface area contributed by atoms with E-state index in [-0.39, 0.29) is 9.79 Å². The van der Waals surface area contributed by atoms with Crippen LogP contribution in [0.2, 0.25) is 0 Å². The van der Waals surface area contributed by atoms with E-state index in [1.807, 2.05) is 0 Å². The lowest BCUT2D eigenvalue weighted by atomic mass is 9.88. The highest BCUT2D eigenvalue weighted by Gasteiger charge is 2.26. The maximum Gasteiger partial charge on any atom is 0.175 e. The second kappa shape index (κ2) is 5.74. The molecule has 1 N–H and O–H groups in total. The van der Waals surface area contributed by atoms with Gasteiger partial charge in [0.05, 0.1) is 9.79 Å². The standard InChI is InChI=1S/C16H18O5S2/c1-16(17,12-4-8-14(9-5-12)22(2,18)19)13-6-10-15(11-7-13)23(3,20)21/h4-11,17H,1-3H3. The third-order valence-electron chi connectivity index (χ3n) is 3.69. The number of benzene rings is 2. The fourth-order valence-corrected chi connectivity index (χ4v) is 3.48. The second-order valence-electron chi connectivity index (χ2n) is 5.67. The zero-order valence-corrected chi connectivity index (χ0v) is 14.6. The summed E-state index contributed by atoms with van der Waals surface area (Å²) in [4.78, 5) is 0.342. The van der Waals surface area contributed by atoms with Gasteiger partial charge in [0.1, 0.15) is 5.60 Å². The number of hydrogen-bond donors (Lipinski definition) is 1. The molecular formula is C16H18O5S2. The van der Waals surface area contributed by atoms with Gasteiger partial charge in [-0.05, 0) is 42.3 Å². The first-order chi connectivity index (χ1) is 10.4. The van der Waals surface area contributed by atoms with Crippen LogP contribution in [0.15, 0.2) is 58.3 Å². The van der Waals surface area contributed by atoms with Crippen LogP contribution in [0.5, 0.6) is 0 Å². The summed E-state index contributed by atoms with van der Waals surface area (Å²) in [6.45, 7) is 1.57. The van der Waals surface area contributed by atoms with Gasteiger partial charge in [-0.25, -0.2) is 16.8 Å². The average Bonchev–Trinajstić information content (AvgIpc) is 2.46. The van der Waals surface area contributed by atoms with Crippen molar-refractivity contribution in [2.24, 2.45) is 0 Å². The molecule has 0 spiro atoms. The van der Waals surface area contributed by atoms with Crippen LogP contribution in [-0.4, -0.2) is 34.5 Å². The van der Waals surface area contributed by atoms with Crippen molar-refractivity contribution in [3.05, 3.63) is 59.7 Å². The van der Waals surface area contributed by atoms with Crippen LogP contribution in [0.3, 0.4) is 0 Å².